The van der Waals surface area contributed by atoms with Crippen LogP contribution in [0.3, 0.4) is 0 Å². The molecule has 1 aromatic carbocycles. The number of carbonyl (C=O) groups excluding carboxylic acids is 2. The highest BCUT2D eigenvalue weighted by molar-refractivity contribution is 6.29. The lowest BCUT2D eigenvalue weighted by Crippen LogP contribution is -2.19. The molecule has 2 amide bonds. The minimum Gasteiger partial charge on any atom is -0.355 e. The maximum absolute atomic E-state index is 12.1. The average molecular weight is 305 g/mol. The third-order valence-corrected chi connectivity index (χ3v) is 2.99. The van der Waals surface area contributed by atoms with Gasteiger partial charge >= 0.3 is 0 Å². The molecule has 7 heteroatoms. The molecule has 0 radical (unpaired) electrons. The van der Waals surface area contributed by atoms with E-state index in [1.54, 1.807) is 25.2 Å². The Hall–Kier alpha value is -2.47. The van der Waals surface area contributed by atoms with Crippen molar-refractivity contribution in [2.45, 2.75) is 6.92 Å². The van der Waals surface area contributed by atoms with Gasteiger partial charge < -0.3 is 10.6 Å². The number of rotatable bonds is 3. The molecular formula is C14H13ClN4O2. The van der Waals surface area contributed by atoms with Crippen molar-refractivity contribution in [1.29, 1.82) is 0 Å². The second kappa shape index (κ2) is 6.32. The van der Waals surface area contributed by atoms with Gasteiger partial charge in [-0.05, 0) is 24.6 Å². The van der Waals surface area contributed by atoms with Crippen molar-refractivity contribution in [3.05, 3.63) is 52.6 Å². The predicted molar refractivity (Wildman–Crippen MR) is 79.6 cm³/mol. The summed E-state index contributed by atoms with van der Waals surface area (Å²) in [6.07, 6.45) is 2.66. The van der Waals surface area contributed by atoms with Gasteiger partial charge in [-0.15, -0.1) is 0 Å². The second-order valence-electron chi connectivity index (χ2n) is 4.29. The van der Waals surface area contributed by atoms with Gasteiger partial charge in [-0.1, -0.05) is 17.7 Å². The molecule has 0 aliphatic heterocycles. The third kappa shape index (κ3) is 3.55. The Balaban J connectivity index is 2.26. The first kappa shape index (κ1) is 14.9. The zero-order valence-corrected chi connectivity index (χ0v) is 12.2. The molecule has 2 aromatic rings. The molecule has 0 fully saturated rings. The molecule has 108 valence electrons. The first-order valence-electron chi connectivity index (χ1n) is 6.13. The van der Waals surface area contributed by atoms with Gasteiger partial charge in [0.15, 0.2) is 0 Å². The van der Waals surface area contributed by atoms with E-state index in [-0.39, 0.29) is 16.8 Å². The topological polar surface area (TPSA) is 84.0 Å². The molecule has 0 aliphatic rings. The van der Waals surface area contributed by atoms with Gasteiger partial charge in [-0.25, -0.2) is 4.98 Å². The van der Waals surface area contributed by atoms with Crippen LogP contribution in [0, 0.1) is 6.92 Å². The standard InChI is InChI=1S/C14H13ClN4O2/c1-8-3-4-9(13(20)16-2)5-10(8)19-14(21)11-6-17-7-12(15)18-11/h3-7H,1-2H3,(H,16,20)(H,19,21). The molecule has 2 rings (SSSR count). The number of nitrogens with one attached hydrogen (secondary N) is 2. The Labute approximate surface area is 126 Å². The number of amides is 2. The minimum atomic E-state index is -0.442. The molecule has 1 aromatic heterocycles. The SMILES string of the molecule is CNC(=O)c1ccc(C)c(NC(=O)c2cncc(Cl)n2)c1. The number of hydrogen-bond donors (Lipinski definition) is 2. The second-order valence-corrected chi connectivity index (χ2v) is 4.68. The highest BCUT2D eigenvalue weighted by Crippen LogP contribution is 2.18. The summed E-state index contributed by atoms with van der Waals surface area (Å²) in [5.41, 5.74) is 1.91. The van der Waals surface area contributed by atoms with E-state index in [1.807, 2.05) is 6.92 Å². The Bertz CT molecular complexity index is 703. The lowest BCUT2D eigenvalue weighted by molar-refractivity contribution is 0.0961. The van der Waals surface area contributed by atoms with E-state index in [0.29, 0.717) is 11.3 Å². The Morgan fingerprint density at radius 2 is 1.95 bits per heavy atom. The van der Waals surface area contributed by atoms with Crippen molar-refractivity contribution in [3.63, 3.8) is 0 Å². The molecule has 0 unspecified atom stereocenters. The molecular weight excluding hydrogens is 292 g/mol. The average Bonchev–Trinajstić information content (AvgIpc) is 2.48. The summed E-state index contributed by atoms with van der Waals surface area (Å²) in [6.45, 7) is 1.83. The van der Waals surface area contributed by atoms with Crippen LogP contribution in [-0.4, -0.2) is 28.8 Å². The van der Waals surface area contributed by atoms with Gasteiger partial charge in [0.1, 0.15) is 10.8 Å². The molecule has 6 nitrogen and oxygen atoms in total. The van der Waals surface area contributed by atoms with E-state index in [4.69, 9.17) is 11.6 Å². The highest BCUT2D eigenvalue weighted by atomic mass is 35.5. The molecule has 0 atom stereocenters. The van der Waals surface area contributed by atoms with E-state index >= 15 is 0 Å². The van der Waals surface area contributed by atoms with Crippen LogP contribution in [0.4, 0.5) is 5.69 Å². The zero-order valence-electron chi connectivity index (χ0n) is 11.5. The van der Waals surface area contributed by atoms with Gasteiger partial charge in [-0.2, -0.15) is 0 Å². The summed E-state index contributed by atoms with van der Waals surface area (Å²) >= 11 is 5.70. The van der Waals surface area contributed by atoms with Crippen LogP contribution in [0.1, 0.15) is 26.4 Å². The third-order valence-electron chi connectivity index (χ3n) is 2.81. The highest BCUT2D eigenvalue weighted by Gasteiger charge is 2.12. The number of carbonyl (C=O) groups is 2. The Morgan fingerprint density at radius 1 is 1.19 bits per heavy atom. The summed E-state index contributed by atoms with van der Waals surface area (Å²) < 4.78 is 0. The zero-order chi connectivity index (χ0) is 15.4. The lowest BCUT2D eigenvalue weighted by Gasteiger charge is -2.10. The minimum absolute atomic E-state index is 0.104. The molecule has 0 aliphatic carbocycles. The number of benzene rings is 1. The van der Waals surface area contributed by atoms with Crippen molar-refractivity contribution >= 4 is 29.1 Å². The van der Waals surface area contributed by atoms with Crippen molar-refractivity contribution < 1.29 is 9.59 Å². The van der Waals surface area contributed by atoms with E-state index < -0.39 is 5.91 Å². The van der Waals surface area contributed by atoms with Crippen molar-refractivity contribution in [2.75, 3.05) is 12.4 Å². The molecule has 0 saturated heterocycles. The quantitative estimate of drug-likeness (QED) is 0.909. The number of aromatic nitrogens is 2. The number of anilines is 1. The van der Waals surface area contributed by atoms with Crippen LogP contribution < -0.4 is 10.6 Å². The van der Waals surface area contributed by atoms with Crippen LogP contribution >= 0.6 is 11.6 Å². The number of aryl methyl sites for hydroxylation is 1. The van der Waals surface area contributed by atoms with E-state index in [9.17, 15) is 9.59 Å². The summed E-state index contributed by atoms with van der Waals surface area (Å²) in [4.78, 5) is 31.4. The lowest BCUT2D eigenvalue weighted by atomic mass is 10.1. The van der Waals surface area contributed by atoms with Crippen LogP contribution in [-0.2, 0) is 0 Å². The first-order chi connectivity index (χ1) is 10.0. The van der Waals surface area contributed by atoms with Gasteiger partial charge in [0.2, 0.25) is 0 Å². The van der Waals surface area contributed by atoms with Crippen LogP contribution in [0.15, 0.2) is 30.6 Å². The fourth-order valence-electron chi connectivity index (χ4n) is 1.68. The maximum Gasteiger partial charge on any atom is 0.275 e. The van der Waals surface area contributed by atoms with Gasteiger partial charge in [0, 0.05) is 18.3 Å². The Morgan fingerprint density at radius 3 is 2.62 bits per heavy atom. The summed E-state index contributed by atoms with van der Waals surface area (Å²) in [6, 6.07) is 5.04. The summed E-state index contributed by atoms with van der Waals surface area (Å²) in [7, 11) is 1.54. The number of halogens is 1. The summed E-state index contributed by atoms with van der Waals surface area (Å²) in [5.74, 6) is -0.671. The molecule has 2 N–H and O–H groups in total. The van der Waals surface area contributed by atoms with Crippen molar-refractivity contribution in [2.24, 2.45) is 0 Å². The van der Waals surface area contributed by atoms with Crippen LogP contribution in [0.2, 0.25) is 5.15 Å². The van der Waals surface area contributed by atoms with Gasteiger partial charge in [-0.3, -0.25) is 14.6 Å². The monoisotopic (exact) mass is 304 g/mol. The Kier molecular flexibility index (Phi) is 4.49. The van der Waals surface area contributed by atoms with Crippen molar-refractivity contribution in [1.82, 2.24) is 15.3 Å². The molecule has 1 heterocycles. The molecule has 0 bridgehead atoms. The smallest absolute Gasteiger partial charge is 0.275 e. The normalized spacial score (nSPS) is 10.0. The van der Waals surface area contributed by atoms with Crippen LogP contribution in [0.5, 0.6) is 0 Å². The van der Waals surface area contributed by atoms with E-state index in [1.165, 1.54) is 12.4 Å². The predicted octanol–water partition coefficient (Wildman–Crippen LogP) is 2.05. The maximum atomic E-state index is 12.1. The van der Waals surface area contributed by atoms with Crippen molar-refractivity contribution in [3.8, 4) is 0 Å². The first-order valence-corrected chi connectivity index (χ1v) is 6.50. The number of nitrogens with zero attached hydrogens (tertiary/aromatic N) is 2. The fraction of sp³-hybridized carbons (Fsp3) is 0.143. The molecule has 0 spiro atoms. The largest absolute Gasteiger partial charge is 0.355 e. The van der Waals surface area contributed by atoms with Gasteiger partial charge in [0.05, 0.1) is 12.4 Å². The number of hydrogen-bond acceptors (Lipinski definition) is 4. The molecule has 21 heavy (non-hydrogen) atoms. The van der Waals surface area contributed by atoms with E-state index in [2.05, 4.69) is 20.6 Å². The molecule has 0 saturated carbocycles. The van der Waals surface area contributed by atoms with E-state index in [0.717, 1.165) is 5.56 Å². The van der Waals surface area contributed by atoms with Crippen LogP contribution in [0.25, 0.3) is 0 Å². The summed E-state index contributed by atoms with van der Waals surface area (Å²) in [5, 5.41) is 5.36. The van der Waals surface area contributed by atoms with Gasteiger partial charge in [0.25, 0.3) is 11.8 Å². The fourth-order valence-corrected chi connectivity index (χ4v) is 1.83.